The van der Waals surface area contributed by atoms with Crippen LogP contribution < -0.4 is 4.74 Å². The summed E-state index contributed by atoms with van der Waals surface area (Å²) in [5, 5.41) is 0. The van der Waals surface area contributed by atoms with Gasteiger partial charge >= 0.3 is 0 Å². The monoisotopic (exact) mass is 228 g/mol. The Kier molecular flexibility index (Phi) is 2.00. The molecule has 1 heterocycles. The van der Waals surface area contributed by atoms with Crippen LogP contribution in [0, 0.1) is 0 Å². The van der Waals surface area contributed by atoms with E-state index in [1.54, 1.807) is 13.4 Å². The average Bonchev–Trinajstić information content (AvgIpc) is 2.88. The standard InChI is InChI=1S/C8H9BrN2O/c1-12-8-6(9)7(5-2-3-5)10-4-11-8/h4-5H,2-3H2,1H3. The molecule has 1 aliphatic carbocycles. The largest absolute Gasteiger partial charge is 0.480 e. The lowest BCUT2D eigenvalue weighted by Crippen LogP contribution is -1.95. The van der Waals surface area contributed by atoms with Gasteiger partial charge in [-0.3, -0.25) is 0 Å². The molecule has 0 atom stereocenters. The van der Waals surface area contributed by atoms with Crippen LogP contribution in [0.25, 0.3) is 0 Å². The van der Waals surface area contributed by atoms with Crippen molar-refractivity contribution in [3.05, 3.63) is 16.5 Å². The number of ether oxygens (including phenoxy) is 1. The van der Waals surface area contributed by atoms with Gasteiger partial charge in [0.25, 0.3) is 0 Å². The topological polar surface area (TPSA) is 35.0 Å². The molecule has 0 radical (unpaired) electrons. The number of hydrogen-bond acceptors (Lipinski definition) is 3. The van der Waals surface area contributed by atoms with E-state index >= 15 is 0 Å². The van der Waals surface area contributed by atoms with Crippen LogP contribution in [0.4, 0.5) is 0 Å². The zero-order chi connectivity index (χ0) is 8.55. The highest BCUT2D eigenvalue weighted by molar-refractivity contribution is 9.10. The van der Waals surface area contributed by atoms with Crippen molar-refractivity contribution in [2.75, 3.05) is 7.11 Å². The Bertz CT molecular complexity index is 299. The summed E-state index contributed by atoms with van der Waals surface area (Å²) in [7, 11) is 1.61. The van der Waals surface area contributed by atoms with Crippen molar-refractivity contribution in [1.29, 1.82) is 0 Å². The molecule has 0 unspecified atom stereocenters. The molecular formula is C8H9BrN2O. The Morgan fingerprint density at radius 1 is 1.50 bits per heavy atom. The van der Waals surface area contributed by atoms with Crippen LogP contribution in [0.1, 0.15) is 24.5 Å². The Hall–Kier alpha value is -0.640. The Morgan fingerprint density at radius 3 is 2.83 bits per heavy atom. The minimum Gasteiger partial charge on any atom is -0.480 e. The van der Waals surface area contributed by atoms with E-state index in [0.717, 1.165) is 10.2 Å². The van der Waals surface area contributed by atoms with E-state index in [4.69, 9.17) is 4.74 Å². The van der Waals surface area contributed by atoms with Gasteiger partial charge in [0.1, 0.15) is 10.8 Å². The van der Waals surface area contributed by atoms with Crippen LogP contribution in [-0.4, -0.2) is 17.1 Å². The summed E-state index contributed by atoms with van der Waals surface area (Å²) in [5.41, 5.74) is 1.09. The minimum atomic E-state index is 0.622. The average molecular weight is 229 g/mol. The van der Waals surface area contributed by atoms with Gasteiger partial charge in [-0.15, -0.1) is 0 Å². The van der Waals surface area contributed by atoms with E-state index in [1.807, 2.05) is 0 Å². The van der Waals surface area contributed by atoms with Crippen LogP contribution >= 0.6 is 15.9 Å². The predicted octanol–water partition coefficient (Wildman–Crippen LogP) is 2.13. The molecule has 0 saturated heterocycles. The van der Waals surface area contributed by atoms with Crippen LogP contribution in [0.2, 0.25) is 0 Å². The second-order valence-corrected chi connectivity index (χ2v) is 3.65. The SMILES string of the molecule is COc1ncnc(C2CC2)c1Br. The highest BCUT2D eigenvalue weighted by atomic mass is 79.9. The van der Waals surface area contributed by atoms with Gasteiger partial charge in [0.05, 0.1) is 12.8 Å². The van der Waals surface area contributed by atoms with Crippen LogP contribution in [0.15, 0.2) is 10.8 Å². The maximum absolute atomic E-state index is 5.07. The quantitative estimate of drug-likeness (QED) is 0.779. The summed E-state index contributed by atoms with van der Waals surface area (Å²) in [6, 6.07) is 0. The Labute approximate surface area is 79.3 Å². The molecule has 0 bridgehead atoms. The molecule has 3 nitrogen and oxygen atoms in total. The van der Waals surface area contributed by atoms with Crippen molar-refractivity contribution in [2.45, 2.75) is 18.8 Å². The molecule has 1 saturated carbocycles. The zero-order valence-electron chi connectivity index (χ0n) is 6.75. The summed E-state index contributed by atoms with van der Waals surface area (Å²) in [6.07, 6.45) is 4.02. The molecule has 12 heavy (non-hydrogen) atoms. The molecule has 4 heteroatoms. The summed E-state index contributed by atoms with van der Waals surface area (Å²) in [5.74, 6) is 1.25. The molecule has 1 aliphatic rings. The lowest BCUT2D eigenvalue weighted by molar-refractivity contribution is 0.392. The summed E-state index contributed by atoms with van der Waals surface area (Å²) < 4.78 is 5.98. The van der Waals surface area contributed by atoms with Crippen LogP contribution in [0.3, 0.4) is 0 Å². The first-order valence-electron chi connectivity index (χ1n) is 3.87. The smallest absolute Gasteiger partial charge is 0.231 e. The first-order chi connectivity index (χ1) is 5.83. The van der Waals surface area contributed by atoms with E-state index in [9.17, 15) is 0 Å². The van der Waals surface area contributed by atoms with Crippen molar-refractivity contribution < 1.29 is 4.74 Å². The highest BCUT2D eigenvalue weighted by Crippen LogP contribution is 2.43. The number of rotatable bonds is 2. The third-order valence-electron chi connectivity index (χ3n) is 1.94. The van der Waals surface area contributed by atoms with E-state index in [0.29, 0.717) is 11.8 Å². The van der Waals surface area contributed by atoms with Crippen molar-refractivity contribution in [3.8, 4) is 5.88 Å². The van der Waals surface area contributed by atoms with E-state index in [1.165, 1.54) is 12.8 Å². The normalized spacial score (nSPS) is 16.2. The summed E-state index contributed by atoms with van der Waals surface area (Å²) in [4.78, 5) is 8.20. The fraction of sp³-hybridized carbons (Fsp3) is 0.500. The maximum atomic E-state index is 5.07. The zero-order valence-corrected chi connectivity index (χ0v) is 8.34. The molecule has 2 rings (SSSR count). The van der Waals surface area contributed by atoms with E-state index in [2.05, 4.69) is 25.9 Å². The first-order valence-corrected chi connectivity index (χ1v) is 4.66. The summed E-state index contributed by atoms with van der Waals surface area (Å²) >= 11 is 3.43. The van der Waals surface area contributed by atoms with Gasteiger partial charge in [0.15, 0.2) is 0 Å². The number of methoxy groups -OCH3 is 1. The maximum Gasteiger partial charge on any atom is 0.231 e. The Balaban J connectivity index is 2.40. The van der Waals surface area contributed by atoms with Gasteiger partial charge in [0.2, 0.25) is 5.88 Å². The first kappa shape index (κ1) is 7.98. The van der Waals surface area contributed by atoms with Gasteiger partial charge in [-0.25, -0.2) is 9.97 Å². The number of nitrogens with zero attached hydrogens (tertiary/aromatic N) is 2. The van der Waals surface area contributed by atoms with Gasteiger partial charge in [0, 0.05) is 5.92 Å². The third-order valence-corrected chi connectivity index (χ3v) is 2.69. The number of halogens is 1. The lowest BCUT2D eigenvalue weighted by atomic mass is 10.3. The van der Waals surface area contributed by atoms with Crippen molar-refractivity contribution in [1.82, 2.24) is 9.97 Å². The Morgan fingerprint density at radius 2 is 2.25 bits per heavy atom. The van der Waals surface area contributed by atoms with Gasteiger partial charge in [-0.05, 0) is 28.8 Å². The van der Waals surface area contributed by atoms with Crippen LogP contribution in [0.5, 0.6) is 5.88 Å². The van der Waals surface area contributed by atoms with Crippen molar-refractivity contribution >= 4 is 15.9 Å². The second kappa shape index (κ2) is 3.01. The molecular weight excluding hydrogens is 220 g/mol. The molecule has 0 amide bonds. The predicted molar refractivity (Wildman–Crippen MR) is 48.3 cm³/mol. The van der Waals surface area contributed by atoms with E-state index in [-0.39, 0.29) is 0 Å². The van der Waals surface area contributed by atoms with Crippen molar-refractivity contribution in [3.63, 3.8) is 0 Å². The fourth-order valence-electron chi connectivity index (χ4n) is 1.15. The molecule has 0 aliphatic heterocycles. The number of aromatic nitrogens is 2. The molecule has 1 aromatic heterocycles. The lowest BCUT2D eigenvalue weighted by Gasteiger charge is -2.04. The molecule has 0 spiro atoms. The highest BCUT2D eigenvalue weighted by Gasteiger charge is 2.28. The van der Waals surface area contributed by atoms with Crippen LogP contribution in [-0.2, 0) is 0 Å². The number of hydrogen-bond donors (Lipinski definition) is 0. The molecule has 0 aromatic carbocycles. The summed E-state index contributed by atoms with van der Waals surface area (Å²) in [6.45, 7) is 0. The molecule has 1 fully saturated rings. The third kappa shape index (κ3) is 1.31. The molecule has 0 N–H and O–H groups in total. The van der Waals surface area contributed by atoms with Gasteiger partial charge < -0.3 is 4.74 Å². The van der Waals surface area contributed by atoms with E-state index < -0.39 is 0 Å². The second-order valence-electron chi connectivity index (χ2n) is 2.86. The van der Waals surface area contributed by atoms with Crippen molar-refractivity contribution in [2.24, 2.45) is 0 Å². The fourth-order valence-corrected chi connectivity index (χ4v) is 1.84. The van der Waals surface area contributed by atoms with Gasteiger partial charge in [-0.1, -0.05) is 0 Å². The molecule has 64 valence electrons. The minimum absolute atomic E-state index is 0.622. The molecule has 1 aromatic rings. The van der Waals surface area contributed by atoms with Gasteiger partial charge in [-0.2, -0.15) is 0 Å².